The van der Waals surface area contributed by atoms with Gasteiger partial charge in [0, 0.05) is 5.30 Å². The predicted octanol–water partition coefficient (Wildman–Crippen LogP) is 4.96. The summed E-state index contributed by atoms with van der Waals surface area (Å²) in [6, 6.07) is 30.0. The third-order valence-corrected chi connectivity index (χ3v) is 3.25. The topological polar surface area (TPSA) is 17.1 Å². The molecular formula is C18H15OP. The molecule has 0 aliphatic carbocycles. The summed E-state index contributed by atoms with van der Waals surface area (Å²) < 4.78 is 10.1. The van der Waals surface area contributed by atoms with Gasteiger partial charge in [-0.25, -0.2) is 0 Å². The van der Waals surface area contributed by atoms with Gasteiger partial charge in [-0.1, -0.05) is 78.9 Å². The second kappa shape index (κ2) is 8.04. The van der Waals surface area contributed by atoms with E-state index in [2.05, 4.69) is 48.5 Å². The zero-order valence-electron chi connectivity index (χ0n) is 11.0. The second-order valence-corrected chi connectivity index (χ2v) is 4.86. The first-order valence-electron chi connectivity index (χ1n) is 6.39. The Morgan fingerprint density at radius 1 is 0.500 bits per heavy atom. The highest BCUT2D eigenvalue weighted by molar-refractivity contribution is 7.34. The van der Waals surface area contributed by atoms with Gasteiger partial charge in [-0.3, -0.25) is 4.57 Å². The maximum absolute atomic E-state index is 10.1. The zero-order valence-corrected chi connectivity index (χ0v) is 11.9. The highest BCUT2D eigenvalue weighted by Crippen LogP contribution is 2.17. The van der Waals surface area contributed by atoms with Gasteiger partial charge in [-0.15, -0.1) is 0 Å². The van der Waals surface area contributed by atoms with E-state index in [1.165, 1.54) is 11.1 Å². The molecule has 3 aromatic rings. The highest BCUT2D eigenvalue weighted by atomic mass is 31.1. The van der Waals surface area contributed by atoms with Gasteiger partial charge in [-0.05, 0) is 23.3 Å². The maximum Gasteiger partial charge on any atom is 0.192 e. The molecule has 0 spiro atoms. The number of hydrogen-bond acceptors (Lipinski definition) is 1. The lowest BCUT2D eigenvalue weighted by molar-refractivity contribution is 0.603. The molecule has 0 bridgehead atoms. The Balaban J connectivity index is 0.000000160. The SMILES string of the molecule is O=Pc1ccccc1.c1ccc(-c2ccccc2)cc1. The molecule has 98 valence electrons. The second-order valence-electron chi connectivity index (χ2n) is 4.16. The maximum atomic E-state index is 10.1. The molecule has 0 aromatic heterocycles. The predicted molar refractivity (Wildman–Crippen MR) is 85.6 cm³/mol. The molecule has 1 nitrogen and oxygen atoms in total. The van der Waals surface area contributed by atoms with Crippen molar-refractivity contribution in [3.8, 4) is 11.1 Å². The van der Waals surface area contributed by atoms with Crippen LogP contribution in [0.2, 0.25) is 0 Å². The molecule has 2 heteroatoms. The highest BCUT2D eigenvalue weighted by Gasteiger charge is 1.91. The number of hydrogen-bond donors (Lipinski definition) is 0. The summed E-state index contributed by atoms with van der Waals surface area (Å²) in [5, 5.41) is 0.826. The largest absolute Gasteiger partial charge is 0.269 e. The van der Waals surface area contributed by atoms with Crippen molar-refractivity contribution in [3.63, 3.8) is 0 Å². The van der Waals surface area contributed by atoms with Gasteiger partial charge >= 0.3 is 0 Å². The molecular weight excluding hydrogens is 263 g/mol. The van der Waals surface area contributed by atoms with Crippen LogP contribution in [0.4, 0.5) is 0 Å². The molecule has 20 heavy (non-hydrogen) atoms. The number of benzene rings is 3. The summed E-state index contributed by atoms with van der Waals surface area (Å²) in [7, 11) is 0.0994. The van der Waals surface area contributed by atoms with E-state index >= 15 is 0 Å². The molecule has 0 radical (unpaired) electrons. The van der Waals surface area contributed by atoms with Crippen LogP contribution in [0, 0.1) is 0 Å². The van der Waals surface area contributed by atoms with Gasteiger partial charge in [0.2, 0.25) is 0 Å². The molecule has 0 heterocycles. The lowest BCUT2D eigenvalue weighted by Gasteiger charge is -1.98. The van der Waals surface area contributed by atoms with Crippen LogP contribution >= 0.6 is 8.46 Å². The lowest BCUT2D eigenvalue weighted by Crippen LogP contribution is -1.84. The molecule has 0 N–H and O–H groups in total. The van der Waals surface area contributed by atoms with Crippen LogP contribution in [0.5, 0.6) is 0 Å². The molecule has 0 saturated carbocycles. The quantitative estimate of drug-likeness (QED) is 0.606. The van der Waals surface area contributed by atoms with Gasteiger partial charge in [0.1, 0.15) is 0 Å². The molecule has 0 aliphatic rings. The summed E-state index contributed by atoms with van der Waals surface area (Å²) in [6.07, 6.45) is 0. The number of rotatable bonds is 2. The van der Waals surface area contributed by atoms with E-state index in [4.69, 9.17) is 0 Å². The van der Waals surface area contributed by atoms with Crippen molar-refractivity contribution in [1.82, 2.24) is 0 Å². The van der Waals surface area contributed by atoms with Crippen molar-refractivity contribution in [3.05, 3.63) is 91.0 Å². The zero-order chi connectivity index (χ0) is 14.0. The van der Waals surface area contributed by atoms with E-state index in [1.807, 2.05) is 42.5 Å². The lowest BCUT2D eigenvalue weighted by atomic mass is 10.1. The van der Waals surface area contributed by atoms with E-state index in [0.29, 0.717) is 0 Å². The van der Waals surface area contributed by atoms with Crippen LogP contribution in [0.25, 0.3) is 11.1 Å². The molecule has 0 amide bonds. The Labute approximate surface area is 121 Å². The minimum absolute atomic E-state index is 0.0994. The van der Waals surface area contributed by atoms with Crippen molar-refractivity contribution in [2.24, 2.45) is 0 Å². The fraction of sp³-hybridized carbons (Fsp3) is 0. The van der Waals surface area contributed by atoms with E-state index in [0.717, 1.165) is 5.30 Å². The Hall–Kier alpha value is -2.24. The molecule has 0 unspecified atom stereocenters. The summed E-state index contributed by atoms with van der Waals surface area (Å²) in [5.74, 6) is 0. The van der Waals surface area contributed by atoms with E-state index in [-0.39, 0.29) is 8.46 Å². The van der Waals surface area contributed by atoms with Gasteiger partial charge in [0.25, 0.3) is 0 Å². The van der Waals surface area contributed by atoms with Crippen molar-refractivity contribution >= 4 is 13.8 Å². The molecule has 0 saturated heterocycles. The summed E-state index contributed by atoms with van der Waals surface area (Å²) in [4.78, 5) is 0. The summed E-state index contributed by atoms with van der Waals surface area (Å²) >= 11 is 0. The van der Waals surface area contributed by atoms with Crippen molar-refractivity contribution in [2.75, 3.05) is 0 Å². The van der Waals surface area contributed by atoms with Gasteiger partial charge in [0.05, 0.1) is 0 Å². The van der Waals surface area contributed by atoms with Crippen LogP contribution in [0.3, 0.4) is 0 Å². The first kappa shape index (κ1) is 14.2. The molecule has 3 aromatic carbocycles. The van der Waals surface area contributed by atoms with Gasteiger partial charge in [0.15, 0.2) is 8.46 Å². The van der Waals surface area contributed by atoms with Gasteiger partial charge in [-0.2, -0.15) is 0 Å². The summed E-state index contributed by atoms with van der Waals surface area (Å²) in [5.41, 5.74) is 2.55. The molecule has 0 atom stereocenters. The Morgan fingerprint density at radius 3 is 1.15 bits per heavy atom. The molecule has 0 aliphatic heterocycles. The fourth-order valence-electron chi connectivity index (χ4n) is 1.75. The monoisotopic (exact) mass is 278 g/mol. The normalized spacial score (nSPS) is 9.60. The molecule has 0 fully saturated rings. The van der Waals surface area contributed by atoms with E-state index in [1.54, 1.807) is 0 Å². The van der Waals surface area contributed by atoms with Gasteiger partial charge < -0.3 is 0 Å². The third-order valence-electron chi connectivity index (χ3n) is 2.74. The van der Waals surface area contributed by atoms with Crippen LogP contribution in [-0.4, -0.2) is 0 Å². The third kappa shape index (κ3) is 4.46. The van der Waals surface area contributed by atoms with Crippen molar-refractivity contribution in [2.45, 2.75) is 0 Å². The average Bonchev–Trinajstić information content (AvgIpc) is 2.58. The summed E-state index contributed by atoms with van der Waals surface area (Å²) in [6.45, 7) is 0. The van der Waals surface area contributed by atoms with Crippen LogP contribution < -0.4 is 5.30 Å². The Bertz CT molecular complexity index is 584. The van der Waals surface area contributed by atoms with Crippen molar-refractivity contribution < 1.29 is 4.57 Å². The average molecular weight is 278 g/mol. The van der Waals surface area contributed by atoms with Crippen LogP contribution in [0.15, 0.2) is 91.0 Å². The van der Waals surface area contributed by atoms with E-state index < -0.39 is 0 Å². The fourth-order valence-corrected chi connectivity index (χ4v) is 2.04. The van der Waals surface area contributed by atoms with Crippen LogP contribution in [0.1, 0.15) is 0 Å². The Kier molecular flexibility index (Phi) is 5.70. The smallest absolute Gasteiger partial charge is 0.192 e. The standard InChI is InChI=1S/C12H10.C6H5OP/c1-3-7-11(8-4-1)12-9-5-2-6-10-12;7-8-6-4-2-1-3-5-6/h1-10H;1-5H. The van der Waals surface area contributed by atoms with E-state index in [9.17, 15) is 4.57 Å². The Morgan fingerprint density at radius 2 is 0.850 bits per heavy atom. The van der Waals surface area contributed by atoms with Crippen molar-refractivity contribution in [1.29, 1.82) is 0 Å². The van der Waals surface area contributed by atoms with Crippen LogP contribution in [-0.2, 0) is 4.57 Å². The first-order valence-corrected chi connectivity index (χ1v) is 7.20. The first-order chi connectivity index (χ1) is 9.90. The minimum atomic E-state index is 0.0994. The molecule has 3 rings (SSSR count). The minimum Gasteiger partial charge on any atom is -0.269 e.